The molecule has 1 aromatic carbocycles. The number of rotatable bonds is 4. The summed E-state index contributed by atoms with van der Waals surface area (Å²) < 4.78 is 0. The summed E-state index contributed by atoms with van der Waals surface area (Å²) in [6, 6.07) is 10.1. The number of hydrogen-bond donors (Lipinski definition) is 1. The number of benzene rings is 1. The first-order valence-corrected chi connectivity index (χ1v) is 8.82. The normalized spacial score (nSPS) is 14.2. The van der Waals surface area contributed by atoms with E-state index in [2.05, 4.69) is 35.4 Å². The minimum Gasteiger partial charge on any atom is -0.380 e. The van der Waals surface area contributed by atoms with E-state index in [-0.39, 0.29) is 11.8 Å². The molecule has 6 heteroatoms. The number of nitrogens with zero attached hydrogens (tertiary/aromatic N) is 3. The molecule has 2 amide bonds. The maximum atomic E-state index is 12.7. The van der Waals surface area contributed by atoms with Crippen molar-refractivity contribution in [2.75, 3.05) is 31.5 Å². The minimum atomic E-state index is -0.0418. The smallest absolute Gasteiger partial charge is 0.255 e. The predicted molar refractivity (Wildman–Crippen MR) is 101 cm³/mol. The van der Waals surface area contributed by atoms with Gasteiger partial charge in [0.25, 0.3) is 5.91 Å². The molecule has 1 aromatic heterocycles. The van der Waals surface area contributed by atoms with Crippen molar-refractivity contribution >= 4 is 17.5 Å². The van der Waals surface area contributed by atoms with Gasteiger partial charge in [-0.3, -0.25) is 14.6 Å². The van der Waals surface area contributed by atoms with Crippen LogP contribution < -0.4 is 5.32 Å². The molecule has 2 heterocycles. The fraction of sp³-hybridized carbons (Fsp3) is 0.350. The van der Waals surface area contributed by atoms with Crippen LogP contribution in [0, 0.1) is 6.92 Å². The number of pyridine rings is 1. The zero-order chi connectivity index (χ0) is 18.5. The van der Waals surface area contributed by atoms with Crippen LogP contribution in [0.4, 0.5) is 5.69 Å². The Kier molecular flexibility index (Phi) is 5.51. The van der Waals surface area contributed by atoms with Crippen molar-refractivity contribution in [3.05, 3.63) is 59.4 Å². The Morgan fingerprint density at radius 2 is 1.81 bits per heavy atom. The minimum absolute atomic E-state index is 0.0418. The highest BCUT2D eigenvalue weighted by Crippen LogP contribution is 2.14. The number of hydrogen-bond acceptors (Lipinski definition) is 4. The van der Waals surface area contributed by atoms with E-state index < -0.39 is 0 Å². The molecule has 0 bridgehead atoms. The Morgan fingerprint density at radius 3 is 2.50 bits per heavy atom. The fourth-order valence-electron chi connectivity index (χ4n) is 3.09. The second-order valence-corrected chi connectivity index (χ2v) is 6.60. The van der Waals surface area contributed by atoms with E-state index in [1.165, 1.54) is 11.1 Å². The average molecular weight is 352 g/mol. The predicted octanol–water partition coefficient (Wildman–Crippen LogP) is 2.31. The lowest BCUT2D eigenvalue weighted by atomic mass is 10.1. The van der Waals surface area contributed by atoms with Gasteiger partial charge >= 0.3 is 0 Å². The lowest BCUT2D eigenvalue weighted by Crippen LogP contribution is -2.50. The van der Waals surface area contributed by atoms with Crippen LogP contribution in [0.5, 0.6) is 0 Å². The van der Waals surface area contributed by atoms with Gasteiger partial charge in [-0.2, -0.15) is 0 Å². The second kappa shape index (κ2) is 7.99. The van der Waals surface area contributed by atoms with Gasteiger partial charge in [0.05, 0.1) is 11.3 Å². The van der Waals surface area contributed by atoms with Gasteiger partial charge in [-0.25, -0.2) is 0 Å². The molecule has 2 aromatic rings. The maximum absolute atomic E-state index is 12.7. The van der Waals surface area contributed by atoms with Crippen molar-refractivity contribution < 1.29 is 9.59 Å². The monoisotopic (exact) mass is 352 g/mol. The quantitative estimate of drug-likeness (QED) is 0.917. The summed E-state index contributed by atoms with van der Waals surface area (Å²) in [6.07, 6.45) is 3.32. The molecular formula is C20H24N4O2. The molecule has 0 atom stereocenters. The van der Waals surface area contributed by atoms with Crippen molar-refractivity contribution in [2.24, 2.45) is 0 Å². The summed E-state index contributed by atoms with van der Waals surface area (Å²) in [5.41, 5.74) is 3.79. The van der Waals surface area contributed by atoms with Gasteiger partial charge in [-0.05, 0) is 18.6 Å². The van der Waals surface area contributed by atoms with Gasteiger partial charge in [0.2, 0.25) is 5.91 Å². The Bertz CT molecular complexity index is 798. The molecule has 1 saturated heterocycles. The topological polar surface area (TPSA) is 65.5 Å². The molecule has 1 aliphatic heterocycles. The maximum Gasteiger partial charge on any atom is 0.255 e. The Morgan fingerprint density at radius 1 is 1.08 bits per heavy atom. The first-order chi connectivity index (χ1) is 12.5. The first-order valence-electron chi connectivity index (χ1n) is 8.82. The summed E-state index contributed by atoms with van der Waals surface area (Å²) in [5.74, 6) is 0.0148. The molecule has 0 saturated carbocycles. The molecule has 1 aliphatic rings. The van der Waals surface area contributed by atoms with Gasteiger partial charge in [0, 0.05) is 52.0 Å². The molecule has 136 valence electrons. The number of carbonyl (C=O) groups is 2. The van der Waals surface area contributed by atoms with Crippen molar-refractivity contribution in [2.45, 2.75) is 20.4 Å². The molecule has 3 rings (SSSR count). The Hall–Kier alpha value is -2.89. The third-order valence-corrected chi connectivity index (χ3v) is 4.58. The standard InChI is InChI=1S/C20H24N4O2/c1-15-4-3-5-17(10-15)12-22-19-11-18(13-21-14-19)20(26)24-8-6-23(7-9-24)16(2)25/h3-5,10-11,13-14,22H,6-9,12H2,1-2H3. The van der Waals surface area contributed by atoms with Crippen molar-refractivity contribution in [3.8, 4) is 0 Å². The summed E-state index contributed by atoms with van der Waals surface area (Å²) >= 11 is 0. The zero-order valence-electron chi connectivity index (χ0n) is 15.2. The Balaban J connectivity index is 1.61. The lowest BCUT2D eigenvalue weighted by molar-refractivity contribution is -0.130. The van der Waals surface area contributed by atoms with Crippen LogP contribution in [0.2, 0.25) is 0 Å². The number of nitrogens with one attached hydrogen (secondary N) is 1. The molecule has 0 aliphatic carbocycles. The molecular weight excluding hydrogens is 328 g/mol. The number of carbonyl (C=O) groups excluding carboxylic acids is 2. The van der Waals surface area contributed by atoms with Crippen LogP contribution in [0.1, 0.15) is 28.4 Å². The fourth-order valence-corrected chi connectivity index (χ4v) is 3.09. The average Bonchev–Trinajstić information content (AvgIpc) is 2.66. The second-order valence-electron chi connectivity index (χ2n) is 6.60. The summed E-state index contributed by atoms with van der Waals surface area (Å²) in [4.78, 5) is 31.8. The molecule has 1 N–H and O–H groups in total. The van der Waals surface area contributed by atoms with Crippen LogP contribution >= 0.6 is 0 Å². The molecule has 0 radical (unpaired) electrons. The van der Waals surface area contributed by atoms with Gasteiger partial charge in [0.15, 0.2) is 0 Å². The largest absolute Gasteiger partial charge is 0.380 e. The van der Waals surface area contributed by atoms with Crippen molar-refractivity contribution in [1.82, 2.24) is 14.8 Å². The molecule has 6 nitrogen and oxygen atoms in total. The van der Waals surface area contributed by atoms with Gasteiger partial charge < -0.3 is 15.1 Å². The van der Waals surface area contributed by atoms with E-state index in [9.17, 15) is 9.59 Å². The zero-order valence-corrected chi connectivity index (χ0v) is 15.2. The van der Waals surface area contributed by atoms with Crippen LogP contribution in [0.15, 0.2) is 42.7 Å². The van der Waals surface area contributed by atoms with Gasteiger partial charge in [0.1, 0.15) is 0 Å². The molecule has 26 heavy (non-hydrogen) atoms. The SMILES string of the molecule is CC(=O)N1CCN(C(=O)c2cncc(NCc3cccc(C)c3)c2)CC1. The Labute approximate surface area is 153 Å². The van der Waals surface area contributed by atoms with Gasteiger partial charge in [-0.1, -0.05) is 29.8 Å². The van der Waals surface area contributed by atoms with E-state index in [0.29, 0.717) is 38.3 Å². The number of aromatic nitrogens is 1. The van der Waals surface area contributed by atoms with E-state index >= 15 is 0 Å². The number of aryl methyl sites for hydroxylation is 1. The van der Waals surface area contributed by atoms with Crippen LogP contribution in [0.3, 0.4) is 0 Å². The lowest BCUT2D eigenvalue weighted by Gasteiger charge is -2.34. The molecule has 0 unspecified atom stereocenters. The highest BCUT2D eigenvalue weighted by molar-refractivity contribution is 5.95. The third-order valence-electron chi connectivity index (χ3n) is 4.58. The highest BCUT2D eigenvalue weighted by atomic mass is 16.2. The number of anilines is 1. The third kappa shape index (κ3) is 4.39. The van der Waals surface area contributed by atoms with Crippen LogP contribution in [0.25, 0.3) is 0 Å². The van der Waals surface area contributed by atoms with E-state index in [0.717, 1.165) is 5.69 Å². The van der Waals surface area contributed by atoms with Crippen LogP contribution in [-0.4, -0.2) is 52.8 Å². The van der Waals surface area contributed by atoms with E-state index in [1.807, 2.05) is 12.1 Å². The van der Waals surface area contributed by atoms with Crippen molar-refractivity contribution in [3.63, 3.8) is 0 Å². The summed E-state index contributed by atoms with van der Waals surface area (Å²) in [7, 11) is 0. The van der Waals surface area contributed by atoms with E-state index in [1.54, 1.807) is 29.1 Å². The summed E-state index contributed by atoms with van der Waals surface area (Å²) in [6.45, 7) is 6.58. The first kappa shape index (κ1) is 17.9. The van der Waals surface area contributed by atoms with Crippen molar-refractivity contribution in [1.29, 1.82) is 0 Å². The number of amides is 2. The number of piperazine rings is 1. The molecule has 0 spiro atoms. The summed E-state index contributed by atoms with van der Waals surface area (Å²) in [5, 5.41) is 3.32. The van der Waals surface area contributed by atoms with E-state index in [4.69, 9.17) is 0 Å². The van der Waals surface area contributed by atoms with Crippen LogP contribution in [-0.2, 0) is 11.3 Å². The van der Waals surface area contributed by atoms with Gasteiger partial charge in [-0.15, -0.1) is 0 Å². The highest BCUT2D eigenvalue weighted by Gasteiger charge is 2.23. The molecule has 1 fully saturated rings.